The second-order valence-corrected chi connectivity index (χ2v) is 10.4. The second kappa shape index (κ2) is 9.74. The third-order valence-electron chi connectivity index (χ3n) is 5.87. The summed E-state index contributed by atoms with van der Waals surface area (Å²) in [7, 11) is -0.621. The van der Waals surface area contributed by atoms with Crippen LogP contribution in [0, 0.1) is 12.7 Å². The van der Waals surface area contributed by atoms with Gasteiger partial charge in [0.1, 0.15) is 13.7 Å². The maximum atomic E-state index is 15.1. The maximum absolute atomic E-state index is 15.1. The van der Waals surface area contributed by atoms with E-state index in [9.17, 15) is 18.0 Å². The van der Waals surface area contributed by atoms with E-state index >= 15 is 4.39 Å². The minimum Gasteiger partial charge on any atom is -0.365 e. The van der Waals surface area contributed by atoms with Crippen LogP contribution in [0.25, 0.3) is 0 Å². The molecule has 0 saturated heterocycles. The molecule has 0 radical (unpaired) electrons. The molecule has 2 heterocycles. The third-order valence-corrected chi connectivity index (χ3v) is 6.97. The summed E-state index contributed by atoms with van der Waals surface area (Å²) in [6.07, 6.45) is 2.46. The standard InChI is InChI=1S/C23H26BFN6O4S/c1-12-3-6-18(17(24)9-12)28-22-16(20(26)32)11-14(23(33)31(22)2)10-13-7-8-27-21(19(13)25)30-36(34,35)29-15-4-5-15/h3,6-9,11,15,28-29H,4-5,10,24H2,1-2H3,(H2,26,32)(H,27,30). The summed E-state index contributed by atoms with van der Waals surface area (Å²) in [5, 5.41) is 3.11. The van der Waals surface area contributed by atoms with Gasteiger partial charge in [-0.05, 0) is 43.5 Å². The maximum Gasteiger partial charge on any atom is 0.300 e. The lowest BCUT2D eigenvalue weighted by Crippen LogP contribution is -2.32. The Hall–Kier alpha value is -3.71. The third kappa shape index (κ3) is 5.57. The Morgan fingerprint density at radius 3 is 2.61 bits per heavy atom. The zero-order valence-electron chi connectivity index (χ0n) is 20.1. The normalized spacial score (nSPS) is 13.4. The van der Waals surface area contributed by atoms with Crippen LogP contribution in [0.2, 0.25) is 0 Å². The first-order valence-corrected chi connectivity index (χ1v) is 12.7. The summed E-state index contributed by atoms with van der Waals surface area (Å²) < 4.78 is 45.2. The van der Waals surface area contributed by atoms with Gasteiger partial charge in [0.25, 0.3) is 11.5 Å². The highest BCUT2D eigenvalue weighted by Gasteiger charge is 2.28. The molecule has 0 atom stereocenters. The molecule has 13 heteroatoms. The highest BCUT2D eigenvalue weighted by molar-refractivity contribution is 7.90. The highest BCUT2D eigenvalue weighted by atomic mass is 32.2. The van der Waals surface area contributed by atoms with Gasteiger partial charge in [0.2, 0.25) is 0 Å². The van der Waals surface area contributed by atoms with Crippen LogP contribution in [0.15, 0.2) is 41.3 Å². The Morgan fingerprint density at radius 2 is 1.97 bits per heavy atom. The van der Waals surface area contributed by atoms with Gasteiger partial charge in [0.15, 0.2) is 11.6 Å². The smallest absolute Gasteiger partial charge is 0.300 e. The Labute approximate surface area is 208 Å². The van der Waals surface area contributed by atoms with E-state index in [1.54, 1.807) is 0 Å². The molecule has 0 aliphatic heterocycles. The molecule has 1 amide bonds. The van der Waals surface area contributed by atoms with Crippen molar-refractivity contribution in [1.29, 1.82) is 0 Å². The summed E-state index contributed by atoms with van der Waals surface area (Å²) in [4.78, 5) is 29.2. The summed E-state index contributed by atoms with van der Waals surface area (Å²) in [5.74, 6) is -1.97. The number of amides is 1. The van der Waals surface area contributed by atoms with Crippen LogP contribution in [0.3, 0.4) is 0 Å². The number of halogens is 1. The number of pyridine rings is 2. The molecule has 2 aromatic heterocycles. The van der Waals surface area contributed by atoms with E-state index in [1.165, 1.54) is 29.9 Å². The molecule has 0 unspecified atom stereocenters. The van der Waals surface area contributed by atoms with Crippen LogP contribution >= 0.6 is 0 Å². The number of hydrogen-bond donors (Lipinski definition) is 4. The highest BCUT2D eigenvalue weighted by Crippen LogP contribution is 2.24. The number of nitrogens with zero attached hydrogens (tertiary/aromatic N) is 2. The fraction of sp³-hybridized carbons (Fsp3) is 0.261. The molecule has 1 saturated carbocycles. The van der Waals surface area contributed by atoms with Crippen LogP contribution in [0.5, 0.6) is 0 Å². The topological polar surface area (TPSA) is 148 Å². The van der Waals surface area contributed by atoms with Gasteiger partial charge in [-0.3, -0.25) is 18.9 Å². The van der Waals surface area contributed by atoms with Crippen molar-refractivity contribution in [2.45, 2.75) is 32.2 Å². The Balaban J connectivity index is 1.68. The lowest BCUT2D eigenvalue weighted by Gasteiger charge is -2.18. The van der Waals surface area contributed by atoms with E-state index in [0.29, 0.717) is 5.69 Å². The number of rotatable bonds is 9. The van der Waals surface area contributed by atoms with Crippen molar-refractivity contribution in [3.05, 3.63) is 75.0 Å². The first-order valence-electron chi connectivity index (χ1n) is 11.3. The van der Waals surface area contributed by atoms with Crippen molar-refractivity contribution in [3.8, 4) is 0 Å². The molecule has 0 spiro atoms. The first kappa shape index (κ1) is 25.4. The van der Waals surface area contributed by atoms with E-state index in [1.807, 2.05) is 33.0 Å². The first-order chi connectivity index (χ1) is 16.9. The molecule has 4 rings (SSSR count). The van der Waals surface area contributed by atoms with Gasteiger partial charge >= 0.3 is 10.2 Å². The zero-order chi connectivity index (χ0) is 26.2. The van der Waals surface area contributed by atoms with Crippen molar-refractivity contribution in [3.63, 3.8) is 0 Å². The summed E-state index contributed by atoms with van der Waals surface area (Å²) in [6.45, 7) is 1.95. The molecule has 1 fully saturated rings. The fourth-order valence-corrected chi connectivity index (χ4v) is 4.95. The number of nitrogens with two attached hydrogens (primary N) is 1. The lowest BCUT2D eigenvalue weighted by molar-refractivity contribution is 0.100. The van der Waals surface area contributed by atoms with Gasteiger partial charge in [-0.25, -0.2) is 9.37 Å². The molecule has 1 aromatic carbocycles. The summed E-state index contributed by atoms with van der Waals surface area (Å²) in [6, 6.07) is 8.18. The number of anilines is 3. The van der Waals surface area contributed by atoms with Crippen LogP contribution in [-0.4, -0.2) is 37.8 Å². The number of aromatic nitrogens is 2. The van der Waals surface area contributed by atoms with E-state index in [-0.39, 0.29) is 35.0 Å². The molecule has 5 N–H and O–H groups in total. The van der Waals surface area contributed by atoms with E-state index in [4.69, 9.17) is 5.73 Å². The van der Waals surface area contributed by atoms with Crippen LogP contribution in [-0.2, 0) is 23.7 Å². The number of carbonyl (C=O) groups is 1. The Bertz CT molecular complexity index is 1520. The summed E-state index contributed by atoms with van der Waals surface area (Å²) in [5.41, 5.74) is 7.99. The van der Waals surface area contributed by atoms with Gasteiger partial charge in [0, 0.05) is 37.0 Å². The van der Waals surface area contributed by atoms with Gasteiger partial charge in [-0.1, -0.05) is 23.2 Å². The quantitative estimate of drug-likeness (QED) is 0.304. The number of nitrogens with one attached hydrogen (secondary N) is 3. The van der Waals surface area contributed by atoms with Crippen LogP contribution in [0.4, 0.5) is 21.7 Å². The van der Waals surface area contributed by atoms with Crippen molar-refractivity contribution in [2.75, 3.05) is 10.0 Å². The fourth-order valence-electron chi connectivity index (χ4n) is 3.82. The van der Waals surface area contributed by atoms with Gasteiger partial charge in [-0.15, -0.1) is 0 Å². The SMILES string of the molecule is Bc1cc(C)ccc1Nc1c(C(N)=O)cc(Cc2ccnc(NS(=O)(=O)NC3CC3)c2F)c(=O)n1C. The van der Waals surface area contributed by atoms with E-state index in [0.717, 1.165) is 23.9 Å². The van der Waals surface area contributed by atoms with Crippen molar-refractivity contribution < 1.29 is 17.6 Å². The Kier molecular flexibility index (Phi) is 6.87. The van der Waals surface area contributed by atoms with E-state index in [2.05, 4.69) is 19.7 Å². The predicted molar refractivity (Wildman–Crippen MR) is 139 cm³/mol. The molecular formula is C23H26BFN6O4S. The van der Waals surface area contributed by atoms with Gasteiger partial charge in [-0.2, -0.15) is 13.1 Å². The van der Waals surface area contributed by atoms with Crippen LogP contribution < -0.4 is 31.5 Å². The predicted octanol–water partition coefficient (Wildman–Crippen LogP) is 0.328. The number of benzene rings is 1. The molecule has 36 heavy (non-hydrogen) atoms. The minimum atomic E-state index is -4.00. The second-order valence-electron chi connectivity index (χ2n) is 8.91. The number of primary amides is 1. The average molecular weight is 512 g/mol. The minimum absolute atomic E-state index is 0.0248. The van der Waals surface area contributed by atoms with Crippen molar-refractivity contribution >= 4 is 46.7 Å². The van der Waals surface area contributed by atoms with Gasteiger partial charge in [0.05, 0.1) is 5.56 Å². The van der Waals surface area contributed by atoms with E-state index < -0.39 is 33.3 Å². The molecule has 3 aromatic rings. The van der Waals surface area contributed by atoms with Gasteiger partial charge < -0.3 is 11.1 Å². The summed E-state index contributed by atoms with van der Waals surface area (Å²) >= 11 is 0. The number of aryl methyl sites for hydroxylation is 1. The largest absolute Gasteiger partial charge is 0.365 e. The lowest BCUT2D eigenvalue weighted by atomic mass is 9.92. The molecule has 188 valence electrons. The number of hydrogen-bond acceptors (Lipinski definition) is 6. The zero-order valence-corrected chi connectivity index (χ0v) is 20.9. The molecule has 0 bridgehead atoms. The Morgan fingerprint density at radius 1 is 1.25 bits per heavy atom. The van der Waals surface area contributed by atoms with Crippen molar-refractivity contribution in [1.82, 2.24) is 14.3 Å². The van der Waals surface area contributed by atoms with Crippen molar-refractivity contribution in [2.24, 2.45) is 12.8 Å². The molecule has 1 aliphatic rings. The molecule has 1 aliphatic carbocycles. The number of carbonyl (C=O) groups excluding carboxylic acids is 1. The van der Waals surface area contributed by atoms with Crippen LogP contribution in [0.1, 0.15) is 39.9 Å². The monoisotopic (exact) mass is 512 g/mol. The average Bonchev–Trinajstić information content (AvgIpc) is 3.60. The molecular weight excluding hydrogens is 486 g/mol. The molecule has 10 nitrogen and oxygen atoms in total.